The summed E-state index contributed by atoms with van der Waals surface area (Å²) in [6.07, 6.45) is 0. The number of rotatable bonds is 10. The molecule has 0 heterocycles. The molecule has 0 saturated carbocycles. The summed E-state index contributed by atoms with van der Waals surface area (Å²) >= 11 is 0. The van der Waals surface area contributed by atoms with E-state index < -0.39 is 100 Å². The van der Waals surface area contributed by atoms with E-state index in [0.717, 1.165) is 60.7 Å². The maximum Gasteiger partial charge on any atom is 1.00 e. The van der Waals surface area contributed by atoms with Crippen molar-refractivity contribution >= 4 is 103 Å². The zero-order chi connectivity index (χ0) is 42.4. The van der Waals surface area contributed by atoms with Crippen LogP contribution in [-0.2, 0) is 40.5 Å². The van der Waals surface area contributed by atoms with Gasteiger partial charge in [0.1, 0.15) is 40.5 Å². The van der Waals surface area contributed by atoms with Gasteiger partial charge in [-0.2, -0.15) is 0 Å². The summed E-state index contributed by atoms with van der Waals surface area (Å²) in [6.45, 7) is 0. The van der Waals surface area contributed by atoms with Crippen LogP contribution in [-0.4, -0.2) is 69.7 Å². The standard InChI is InChI=1S/C35H26N4O15S4.4Na/c40-33(38-27-15-13-23-25(31(27)57(49,50)51)9-3-11-29(23)55(43,44)45)19-5-1-7-21(17-19)36-35(42)37-22-8-2-6-20(18-22)34(41)39-28-16-14-24-26(32(28)58(52,53)54)10-4-12-30(24)56(46,47)48;;;;/h1-18H,(H,38,40)(H,39,41)(H2,36,37,42)(H,43,44,45)(H,46,47,48)(H,49,50,51)(H,52,53,54);;;;/q;4*+1/p-4. The van der Waals surface area contributed by atoms with Crippen LogP contribution in [0.5, 0.6) is 0 Å². The van der Waals surface area contributed by atoms with Crippen molar-refractivity contribution in [3.8, 4) is 0 Å². The predicted octanol–water partition coefficient (Wildman–Crippen LogP) is -8.23. The maximum absolute atomic E-state index is 13.2. The Morgan fingerprint density at radius 2 is 0.726 bits per heavy atom. The Balaban J connectivity index is 0.00000331. The Labute approximate surface area is 442 Å². The summed E-state index contributed by atoms with van der Waals surface area (Å²) in [5, 5.41) is 7.84. The number of anilines is 4. The zero-order valence-corrected chi connectivity index (χ0v) is 43.9. The maximum atomic E-state index is 13.2. The molecule has 300 valence electrons. The first kappa shape index (κ1) is 55.8. The van der Waals surface area contributed by atoms with Gasteiger partial charge in [-0.15, -0.1) is 0 Å². The van der Waals surface area contributed by atoms with E-state index in [1.54, 1.807) is 0 Å². The number of carbonyl (C=O) groups is 3. The fourth-order valence-corrected chi connectivity index (χ4v) is 8.99. The Morgan fingerprint density at radius 3 is 1.05 bits per heavy atom. The van der Waals surface area contributed by atoms with Gasteiger partial charge < -0.3 is 39.5 Å². The summed E-state index contributed by atoms with van der Waals surface area (Å²) in [5.74, 6) is -1.93. The molecule has 6 rings (SSSR count). The molecule has 6 aromatic rings. The fraction of sp³-hybridized carbons (Fsp3) is 0. The van der Waals surface area contributed by atoms with E-state index in [-0.39, 0.29) is 152 Å². The summed E-state index contributed by atoms with van der Waals surface area (Å²) in [4.78, 5) is 35.8. The van der Waals surface area contributed by atoms with E-state index in [1.807, 2.05) is 0 Å². The van der Waals surface area contributed by atoms with Crippen molar-refractivity contribution < 1.29 is 184 Å². The third-order valence-electron chi connectivity index (χ3n) is 8.24. The Bertz CT molecular complexity index is 3000. The minimum absolute atomic E-state index is 0. The number of benzene rings is 6. The average molecular weight is 959 g/mol. The summed E-state index contributed by atoms with van der Waals surface area (Å²) in [7, 11) is -20.9. The molecule has 4 N–H and O–H groups in total. The third kappa shape index (κ3) is 12.9. The Morgan fingerprint density at radius 1 is 0.387 bits per heavy atom. The fourth-order valence-electron chi connectivity index (χ4n) is 5.93. The van der Waals surface area contributed by atoms with Crippen LogP contribution in [0.2, 0.25) is 0 Å². The molecule has 6 aromatic carbocycles. The van der Waals surface area contributed by atoms with Gasteiger partial charge in [-0.1, -0.05) is 48.5 Å². The molecule has 0 aliphatic rings. The number of carbonyl (C=O) groups excluding carboxylic acids is 3. The van der Waals surface area contributed by atoms with Crippen LogP contribution < -0.4 is 139 Å². The van der Waals surface area contributed by atoms with Crippen molar-refractivity contribution in [2.45, 2.75) is 19.6 Å². The van der Waals surface area contributed by atoms with Gasteiger partial charge in [0.15, 0.2) is 0 Å². The van der Waals surface area contributed by atoms with Gasteiger partial charge in [0.2, 0.25) is 0 Å². The van der Waals surface area contributed by atoms with E-state index in [1.165, 1.54) is 48.5 Å². The SMILES string of the molecule is O=C(Nc1cccc(C(=O)Nc2ccc3c(S(=O)(=O)[O-])cccc3c2S(=O)(=O)[O-])c1)Nc1cccc(C(=O)Nc2ccc3c(S(=O)(=O)[O-])cccc3c2S(=O)(=O)[O-])c1.[Na+].[Na+].[Na+].[Na+]. The van der Waals surface area contributed by atoms with Crippen LogP contribution in [0.4, 0.5) is 27.5 Å². The van der Waals surface area contributed by atoms with E-state index in [9.17, 15) is 66.3 Å². The molecule has 0 spiro atoms. The summed E-state index contributed by atoms with van der Waals surface area (Å²) < 4.78 is 144. The molecule has 0 atom stereocenters. The van der Waals surface area contributed by atoms with Crippen molar-refractivity contribution in [3.63, 3.8) is 0 Å². The zero-order valence-electron chi connectivity index (χ0n) is 32.6. The van der Waals surface area contributed by atoms with Gasteiger partial charge in [0.25, 0.3) is 11.8 Å². The summed E-state index contributed by atoms with van der Waals surface area (Å²) in [6, 6.07) is 19.5. The van der Waals surface area contributed by atoms with Crippen molar-refractivity contribution in [2.24, 2.45) is 0 Å². The number of nitrogens with one attached hydrogen (secondary N) is 4. The second-order valence-electron chi connectivity index (χ2n) is 12.1. The Hall–Kier alpha value is -2.31. The first-order valence-electron chi connectivity index (χ1n) is 15.9. The molecule has 0 radical (unpaired) electrons. The van der Waals surface area contributed by atoms with Crippen LogP contribution in [0, 0.1) is 0 Å². The minimum atomic E-state index is -5.37. The number of amides is 4. The van der Waals surface area contributed by atoms with E-state index in [4.69, 9.17) is 0 Å². The largest absolute Gasteiger partial charge is 1.00 e. The van der Waals surface area contributed by atoms with Crippen molar-refractivity contribution in [1.82, 2.24) is 0 Å². The molecule has 0 bridgehead atoms. The smallest absolute Gasteiger partial charge is 0.744 e. The van der Waals surface area contributed by atoms with E-state index in [2.05, 4.69) is 21.3 Å². The number of urea groups is 1. The first-order chi connectivity index (χ1) is 27.0. The predicted molar refractivity (Wildman–Crippen MR) is 201 cm³/mol. The average Bonchev–Trinajstić information content (AvgIpc) is 3.12. The van der Waals surface area contributed by atoms with Crippen molar-refractivity contribution in [2.75, 3.05) is 21.3 Å². The second-order valence-corrected chi connectivity index (χ2v) is 17.4. The molecule has 0 unspecified atom stereocenters. The molecule has 0 fully saturated rings. The topological polar surface area (TPSA) is 328 Å². The molecule has 0 aliphatic carbocycles. The first-order valence-corrected chi connectivity index (χ1v) is 21.5. The number of hydrogen-bond donors (Lipinski definition) is 4. The number of hydrogen-bond acceptors (Lipinski definition) is 15. The van der Waals surface area contributed by atoms with Crippen LogP contribution in [0.3, 0.4) is 0 Å². The van der Waals surface area contributed by atoms with Gasteiger partial charge in [-0.3, -0.25) is 9.59 Å². The summed E-state index contributed by atoms with van der Waals surface area (Å²) in [5.41, 5.74) is -1.31. The molecule has 0 aromatic heterocycles. The van der Waals surface area contributed by atoms with Crippen LogP contribution in [0.25, 0.3) is 21.5 Å². The Kier molecular flexibility index (Phi) is 19.6. The molecular weight excluding hydrogens is 937 g/mol. The molecule has 62 heavy (non-hydrogen) atoms. The van der Waals surface area contributed by atoms with Gasteiger partial charge in [-0.25, -0.2) is 38.5 Å². The molecule has 4 amide bonds. The molecule has 19 nitrogen and oxygen atoms in total. The molecule has 0 saturated heterocycles. The molecule has 27 heteroatoms. The van der Waals surface area contributed by atoms with E-state index >= 15 is 0 Å². The normalized spacial score (nSPS) is 11.4. The molecule has 0 aliphatic heterocycles. The molecular formula is C35H22N4Na4O15S4. The van der Waals surface area contributed by atoms with Crippen molar-refractivity contribution in [3.05, 3.63) is 120 Å². The minimum Gasteiger partial charge on any atom is -0.744 e. The van der Waals surface area contributed by atoms with Crippen LogP contribution >= 0.6 is 0 Å². The second kappa shape index (κ2) is 21.8. The monoisotopic (exact) mass is 958 g/mol. The van der Waals surface area contributed by atoms with Gasteiger partial charge in [0, 0.05) is 44.0 Å². The van der Waals surface area contributed by atoms with Gasteiger partial charge in [0.05, 0.1) is 31.0 Å². The van der Waals surface area contributed by atoms with Gasteiger partial charge in [-0.05, 0) is 60.7 Å². The van der Waals surface area contributed by atoms with Gasteiger partial charge >= 0.3 is 124 Å². The van der Waals surface area contributed by atoms with Crippen molar-refractivity contribution in [1.29, 1.82) is 0 Å². The number of fused-ring (bicyclic) bond motifs is 2. The van der Waals surface area contributed by atoms with E-state index in [0.29, 0.717) is 0 Å². The van der Waals surface area contributed by atoms with Crippen LogP contribution in [0.15, 0.2) is 129 Å². The quantitative estimate of drug-likeness (QED) is 0.0732. The van der Waals surface area contributed by atoms with Crippen LogP contribution in [0.1, 0.15) is 20.7 Å². The third-order valence-corrected chi connectivity index (χ3v) is 11.9.